The molecule has 2 heterocycles. The predicted molar refractivity (Wildman–Crippen MR) is 112 cm³/mol. The number of rotatable bonds is 8. The molecule has 0 unspecified atom stereocenters. The number of nitrogens with zero attached hydrogens (tertiary/aromatic N) is 1. The minimum absolute atomic E-state index is 0.115. The van der Waals surface area contributed by atoms with Crippen LogP contribution in [0.25, 0.3) is 0 Å². The van der Waals surface area contributed by atoms with Crippen LogP contribution in [0.3, 0.4) is 0 Å². The Bertz CT molecular complexity index is 797. The number of benzene rings is 1. The zero-order valence-corrected chi connectivity index (χ0v) is 17.5. The van der Waals surface area contributed by atoms with Crippen LogP contribution in [0, 0.1) is 0 Å². The number of carbonyl (C=O) groups is 2. The first-order chi connectivity index (χ1) is 13.6. The number of nitrogens with one attached hydrogen (secondary N) is 1. The summed E-state index contributed by atoms with van der Waals surface area (Å²) in [6.07, 6.45) is 7.55. The second kappa shape index (κ2) is 10.0. The molecule has 2 amide bonds. The zero-order chi connectivity index (χ0) is 19.9. The van der Waals surface area contributed by atoms with Crippen LogP contribution in [0.5, 0.6) is 0 Å². The molecule has 1 N–H and O–H groups in total. The van der Waals surface area contributed by atoms with Crippen LogP contribution in [0.1, 0.15) is 53.9 Å². The molecule has 0 bridgehead atoms. The second-order valence-electron chi connectivity index (χ2n) is 6.80. The molecular weight excluding hydrogens is 396 g/mol. The highest BCUT2D eigenvalue weighted by Gasteiger charge is 2.43. The summed E-state index contributed by atoms with van der Waals surface area (Å²) in [5.74, 6) is 0.177. The molecule has 1 aromatic carbocycles. The van der Waals surface area contributed by atoms with E-state index in [2.05, 4.69) is 12.2 Å². The lowest BCUT2D eigenvalue weighted by Gasteiger charge is -2.28. The van der Waals surface area contributed by atoms with Crippen LogP contribution in [0.15, 0.2) is 47.3 Å². The van der Waals surface area contributed by atoms with Crippen molar-refractivity contribution in [2.45, 2.75) is 44.0 Å². The van der Waals surface area contributed by atoms with Crippen molar-refractivity contribution in [1.82, 2.24) is 10.2 Å². The highest BCUT2D eigenvalue weighted by atomic mass is 35.5. The molecule has 150 valence electrons. The fraction of sp³-hybridized carbons (Fsp3) is 0.429. The third kappa shape index (κ3) is 4.73. The van der Waals surface area contributed by atoms with Gasteiger partial charge in [-0.3, -0.25) is 9.59 Å². The molecule has 2 atom stereocenters. The first-order valence-corrected chi connectivity index (χ1v) is 11.0. The van der Waals surface area contributed by atoms with Gasteiger partial charge in [0.1, 0.15) is 11.4 Å². The minimum atomic E-state index is -0.542. The molecule has 1 aliphatic heterocycles. The normalized spacial score (nSPS) is 19.0. The Morgan fingerprint density at radius 3 is 2.79 bits per heavy atom. The summed E-state index contributed by atoms with van der Waals surface area (Å²) in [4.78, 5) is 27.8. The van der Waals surface area contributed by atoms with E-state index in [1.54, 1.807) is 53.5 Å². The molecule has 1 aromatic heterocycles. The van der Waals surface area contributed by atoms with Gasteiger partial charge in [0.2, 0.25) is 5.91 Å². The summed E-state index contributed by atoms with van der Waals surface area (Å²) in [5, 5.41) is 3.10. The largest absolute Gasteiger partial charge is 0.472 e. The molecule has 1 fully saturated rings. The summed E-state index contributed by atoms with van der Waals surface area (Å²) in [5.41, 5.74) is 1.27. The Labute approximate surface area is 174 Å². The third-order valence-electron chi connectivity index (χ3n) is 4.80. The van der Waals surface area contributed by atoms with Crippen LogP contribution in [-0.4, -0.2) is 35.1 Å². The Balaban J connectivity index is 1.78. The van der Waals surface area contributed by atoms with Gasteiger partial charge in [-0.25, -0.2) is 0 Å². The highest BCUT2D eigenvalue weighted by Crippen LogP contribution is 2.42. The van der Waals surface area contributed by atoms with Gasteiger partial charge in [-0.1, -0.05) is 49.9 Å². The van der Waals surface area contributed by atoms with Gasteiger partial charge in [0, 0.05) is 17.9 Å². The number of carbonyl (C=O) groups excluding carboxylic acids is 2. The third-order valence-corrected chi connectivity index (χ3v) is 6.45. The number of thioether (sulfide) groups is 1. The van der Waals surface area contributed by atoms with Gasteiger partial charge in [-0.15, -0.1) is 11.8 Å². The van der Waals surface area contributed by atoms with Gasteiger partial charge in [-0.05, 0) is 24.6 Å². The monoisotopic (exact) mass is 420 g/mol. The van der Waals surface area contributed by atoms with Crippen LogP contribution >= 0.6 is 23.4 Å². The number of amides is 2. The Kier molecular flexibility index (Phi) is 7.45. The molecular formula is C21H25ClN2O3S. The van der Waals surface area contributed by atoms with Crippen molar-refractivity contribution in [3.05, 3.63) is 59.0 Å². The first kappa shape index (κ1) is 20.8. The fourth-order valence-corrected chi connectivity index (χ4v) is 4.91. The van der Waals surface area contributed by atoms with E-state index in [0.717, 1.165) is 31.2 Å². The molecule has 2 aromatic rings. The molecule has 0 saturated carbocycles. The molecule has 1 aliphatic rings. The first-order valence-electron chi connectivity index (χ1n) is 9.62. The smallest absolute Gasteiger partial charge is 0.257 e. The number of halogens is 1. The molecule has 5 nitrogen and oxygen atoms in total. The summed E-state index contributed by atoms with van der Waals surface area (Å²) >= 11 is 7.82. The van der Waals surface area contributed by atoms with Gasteiger partial charge in [0.15, 0.2) is 0 Å². The molecule has 0 spiro atoms. The van der Waals surface area contributed by atoms with E-state index in [-0.39, 0.29) is 17.2 Å². The van der Waals surface area contributed by atoms with E-state index in [1.807, 2.05) is 6.07 Å². The summed E-state index contributed by atoms with van der Waals surface area (Å²) in [6.45, 7) is 2.78. The number of hydrogen-bond donors (Lipinski definition) is 1. The van der Waals surface area contributed by atoms with E-state index < -0.39 is 6.04 Å². The van der Waals surface area contributed by atoms with Crippen molar-refractivity contribution in [2.24, 2.45) is 0 Å². The topological polar surface area (TPSA) is 62.6 Å². The molecule has 1 saturated heterocycles. The van der Waals surface area contributed by atoms with Crippen LogP contribution in [-0.2, 0) is 4.79 Å². The van der Waals surface area contributed by atoms with E-state index in [0.29, 0.717) is 22.9 Å². The van der Waals surface area contributed by atoms with Crippen LogP contribution < -0.4 is 5.32 Å². The maximum atomic E-state index is 13.3. The minimum Gasteiger partial charge on any atom is -0.472 e. The lowest BCUT2D eigenvalue weighted by Crippen LogP contribution is -2.48. The van der Waals surface area contributed by atoms with Crippen LogP contribution in [0.2, 0.25) is 5.02 Å². The van der Waals surface area contributed by atoms with Crippen molar-refractivity contribution in [3.8, 4) is 0 Å². The summed E-state index contributed by atoms with van der Waals surface area (Å²) in [7, 11) is 0. The van der Waals surface area contributed by atoms with Gasteiger partial charge in [0.05, 0.1) is 23.1 Å². The standard InChI is InChI=1S/C21H25ClN2O3S/c1-2-3-4-7-11-23-19(25)18-14-28-21(15-10-12-27-13-15)24(18)20(26)16-8-5-6-9-17(16)22/h5-6,8-10,12-13,18,21H,2-4,7,11,14H2,1H3,(H,23,25)/t18-,21-/m0/s1. The highest BCUT2D eigenvalue weighted by molar-refractivity contribution is 7.99. The Morgan fingerprint density at radius 2 is 2.07 bits per heavy atom. The van der Waals surface area contributed by atoms with E-state index in [9.17, 15) is 9.59 Å². The maximum Gasteiger partial charge on any atom is 0.257 e. The average molecular weight is 421 g/mol. The van der Waals surface area contributed by atoms with Crippen LogP contribution in [0.4, 0.5) is 0 Å². The number of unbranched alkanes of at least 4 members (excludes halogenated alkanes) is 3. The lowest BCUT2D eigenvalue weighted by atomic mass is 10.1. The summed E-state index contributed by atoms with van der Waals surface area (Å²) < 4.78 is 5.20. The Morgan fingerprint density at radius 1 is 1.25 bits per heavy atom. The van der Waals surface area contributed by atoms with Gasteiger partial charge in [0.25, 0.3) is 5.91 Å². The quantitative estimate of drug-likeness (QED) is 0.618. The molecule has 0 radical (unpaired) electrons. The maximum absolute atomic E-state index is 13.3. The average Bonchev–Trinajstić information content (AvgIpc) is 3.37. The van der Waals surface area contributed by atoms with Crippen molar-refractivity contribution in [3.63, 3.8) is 0 Å². The zero-order valence-electron chi connectivity index (χ0n) is 15.9. The van der Waals surface area contributed by atoms with Crippen molar-refractivity contribution >= 4 is 35.2 Å². The summed E-state index contributed by atoms with van der Waals surface area (Å²) in [6, 6.07) is 8.23. The molecule has 0 aliphatic carbocycles. The van der Waals surface area contributed by atoms with E-state index >= 15 is 0 Å². The fourth-order valence-electron chi connectivity index (χ4n) is 3.28. The van der Waals surface area contributed by atoms with Gasteiger partial charge < -0.3 is 14.6 Å². The lowest BCUT2D eigenvalue weighted by molar-refractivity contribution is -0.124. The van der Waals surface area contributed by atoms with Crippen molar-refractivity contribution < 1.29 is 14.0 Å². The second-order valence-corrected chi connectivity index (χ2v) is 8.32. The van der Waals surface area contributed by atoms with E-state index in [1.165, 1.54) is 0 Å². The van der Waals surface area contributed by atoms with E-state index in [4.69, 9.17) is 16.0 Å². The van der Waals surface area contributed by atoms with Gasteiger partial charge >= 0.3 is 0 Å². The molecule has 28 heavy (non-hydrogen) atoms. The predicted octanol–water partition coefficient (Wildman–Crippen LogP) is 4.89. The van der Waals surface area contributed by atoms with Crippen molar-refractivity contribution in [2.75, 3.05) is 12.3 Å². The molecule has 7 heteroatoms. The van der Waals surface area contributed by atoms with Gasteiger partial charge in [-0.2, -0.15) is 0 Å². The molecule has 3 rings (SSSR count). The SMILES string of the molecule is CCCCCCNC(=O)[C@@H]1CS[C@@H](c2ccoc2)N1C(=O)c1ccccc1Cl. The van der Waals surface area contributed by atoms with Crippen molar-refractivity contribution in [1.29, 1.82) is 0 Å². The number of hydrogen-bond acceptors (Lipinski definition) is 4. The number of furan rings is 1. The Hall–Kier alpha value is -1.92.